The topological polar surface area (TPSA) is 90.7 Å². The molecule has 2 unspecified atom stereocenters. The zero-order valence-electron chi connectivity index (χ0n) is 7.88. The minimum atomic E-state index is -0.722. The first-order valence-electron chi connectivity index (χ1n) is 4.52. The van der Waals surface area contributed by atoms with E-state index >= 15 is 0 Å². The van der Waals surface area contributed by atoms with Crippen LogP contribution < -0.4 is 0 Å². The van der Waals surface area contributed by atoms with Crippen LogP contribution in [-0.2, 0) is 0 Å². The summed E-state index contributed by atoms with van der Waals surface area (Å²) in [5.41, 5.74) is 0. The average molecular weight is 193 g/mol. The van der Waals surface area contributed by atoms with Crippen molar-refractivity contribution in [3.8, 4) is 12.1 Å². The van der Waals surface area contributed by atoms with Gasteiger partial charge in [-0.3, -0.25) is 10.1 Å². The second-order valence-electron chi connectivity index (χ2n) is 3.74. The fourth-order valence-corrected chi connectivity index (χ4v) is 1.90. The van der Waals surface area contributed by atoms with E-state index < -0.39 is 6.04 Å². The van der Waals surface area contributed by atoms with Crippen LogP contribution in [0.15, 0.2) is 0 Å². The third kappa shape index (κ3) is 1.82. The first-order valence-corrected chi connectivity index (χ1v) is 4.52. The van der Waals surface area contributed by atoms with Crippen LogP contribution in [0, 0.1) is 50.5 Å². The van der Waals surface area contributed by atoms with Crippen molar-refractivity contribution >= 4 is 0 Å². The molecule has 0 aromatic heterocycles. The number of hydrogen-bond donors (Lipinski definition) is 0. The third-order valence-corrected chi connectivity index (χ3v) is 2.95. The van der Waals surface area contributed by atoms with Gasteiger partial charge in [0, 0.05) is 17.8 Å². The lowest BCUT2D eigenvalue weighted by Gasteiger charge is -2.29. The maximum Gasteiger partial charge on any atom is 0.215 e. The Kier molecular flexibility index (Phi) is 3.03. The van der Waals surface area contributed by atoms with E-state index in [1.54, 1.807) is 0 Å². The van der Waals surface area contributed by atoms with Crippen molar-refractivity contribution in [2.24, 2.45) is 17.8 Å². The van der Waals surface area contributed by atoms with E-state index in [0.717, 1.165) is 0 Å². The molecule has 0 amide bonds. The van der Waals surface area contributed by atoms with Gasteiger partial charge in [0.15, 0.2) is 0 Å². The highest BCUT2D eigenvalue weighted by Gasteiger charge is 2.40. The summed E-state index contributed by atoms with van der Waals surface area (Å²) < 4.78 is 0. The Labute approximate surface area is 82.1 Å². The van der Waals surface area contributed by atoms with Gasteiger partial charge in [-0.1, -0.05) is 6.92 Å². The van der Waals surface area contributed by atoms with Crippen molar-refractivity contribution in [1.82, 2.24) is 0 Å². The van der Waals surface area contributed by atoms with E-state index in [0.29, 0.717) is 0 Å². The van der Waals surface area contributed by atoms with Crippen molar-refractivity contribution in [2.45, 2.75) is 25.8 Å². The lowest BCUT2D eigenvalue weighted by Crippen LogP contribution is -2.36. The monoisotopic (exact) mass is 193 g/mol. The lowest BCUT2D eigenvalue weighted by molar-refractivity contribution is -0.529. The van der Waals surface area contributed by atoms with Crippen LogP contribution in [0.4, 0.5) is 0 Å². The Bertz CT molecular complexity index is 291. The highest BCUT2D eigenvalue weighted by Crippen LogP contribution is 2.35. The molecule has 14 heavy (non-hydrogen) atoms. The zero-order valence-corrected chi connectivity index (χ0v) is 7.88. The molecule has 0 bridgehead atoms. The first kappa shape index (κ1) is 10.5. The number of nitrogens with zero attached hydrogens (tertiary/aromatic N) is 3. The number of hydrogen-bond acceptors (Lipinski definition) is 4. The van der Waals surface area contributed by atoms with Gasteiger partial charge < -0.3 is 0 Å². The van der Waals surface area contributed by atoms with Crippen molar-refractivity contribution in [2.75, 3.05) is 0 Å². The summed E-state index contributed by atoms with van der Waals surface area (Å²) in [5, 5.41) is 28.2. The number of rotatable bonds is 1. The molecule has 0 aromatic carbocycles. The van der Waals surface area contributed by atoms with E-state index in [1.807, 2.05) is 19.1 Å². The van der Waals surface area contributed by atoms with Crippen molar-refractivity contribution < 1.29 is 4.92 Å². The van der Waals surface area contributed by atoms with Crippen molar-refractivity contribution in [3.05, 3.63) is 10.1 Å². The molecule has 0 N–H and O–H groups in total. The first-order chi connectivity index (χ1) is 6.60. The summed E-state index contributed by atoms with van der Waals surface area (Å²) >= 11 is 0. The molecule has 2 atom stereocenters. The molecule has 0 radical (unpaired) electrons. The van der Waals surface area contributed by atoms with Gasteiger partial charge in [-0.2, -0.15) is 10.5 Å². The summed E-state index contributed by atoms with van der Waals surface area (Å²) in [5.74, 6) is -0.770. The molecule has 5 nitrogen and oxygen atoms in total. The van der Waals surface area contributed by atoms with E-state index in [4.69, 9.17) is 10.5 Å². The fraction of sp³-hybridized carbons (Fsp3) is 0.778. The summed E-state index contributed by atoms with van der Waals surface area (Å²) in [6.07, 6.45) is 0.561. The molecule has 1 rings (SSSR count). The Morgan fingerprint density at radius 3 is 2.00 bits per heavy atom. The Morgan fingerprint density at radius 2 is 1.71 bits per heavy atom. The van der Waals surface area contributed by atoms with E-state index in [9.17, 15) is 10.1 Å². The molecule has 5 heteroatoms. The molecule has 1 fully saturated rings. The minimum Gasteiger partial charge on any atom is -0.264 e. The van der Waals surface area contributed by atoms with Gasteiger partial charge >= 0.3 is 0 Å². The molecule has 0 aliphatic heterocycles. The van der Waals surface area contributed by atoms with E-state index in [1.165, 1.54) is 0 Å². The molecule has 74 valence electrons. The Morgan fingerprint density at radius 1 is 1.29 bits per heavy atom. The number of nitro groups is 1. The van der Waals surface area contributed by atoms with Crippen LogP contribution in [0.5, 0.6) is 0 Å². The number of nitriles is 2. The maximum absolute atomic E-state index is 10.6. The van der Waals surface area contributed by atoms with Crippen LogP contribution in [0.1, 0.15) is 19.8 Å². The molecular formula is C9H11N3O2. The van der Waals surface area contributed by atoms with Gasteiger partial charge in [0.1, 0.15) is 0 Å². The minimum absolute atomic E-state index is 0.0544. The van der Waals surface area contributed by atoms with Crippen molar-refractivity contribution in [3.63, 3.8) is 0 Å². The van der Waals surface area contributed by atoms with Gasteiger partial charge in [-0.25, -0.2) is 0 Å². The third-order valence-electron chi connectivity index (χ3n) is 2.95. The van der Waals surface area contributed by atoms with Crippen LogP contribution in [0.2, 0.25) is 0 Å². The average Bonchev–Trinajstić information content (AvgIpc) is 2.17. The predicted octanol–water partition coefficient (Wildman–Crippen LogP) is 1.34. The van der Waals surface area contributed by atoms with Gasteiger partial charge in [0.2, 0.25) is 6.04 Å². The summed E-state index contributed by atoms with van der Waals surface area (Å²) in [6, 6.07) is 3.37. The quantitative estimate of drug-likeness (QED) is 0.464. The zero-order chi connectivity index (χ0) is 10.7. The summed E-state index contributed by atoms with van der Waals surface area (Å²) in [6.45, 7) is 1.82. The normalized spacial score (nSPS) is 36.8. The van der Waals surface area contributed by atoms with Crippen LogP contribution in [0.3, 0.4) is 0 Å². The highest BCUT2D eigenvalue weighted by molar-refractivity contribution is 5.01. The van der Waals surface area contributed by atoms with Gasteiger partial charge in [0.05, 0.1) is 24.0 Å². The molecule has 0 aromatic rings. The SMILES string of the molecule is CC1C(C#N)CC([N+](=O)[O-])CC1C#N. The lowest BCUT2D eigenvalue weighted by atomic mass is 9.72. The summed E-state index contributed by atoms with van der Waals surface area (Å²) in [7, 11) is 0. The van der Waals surface area contributed by atoms with Crippen LogP contribution >= 0.6 is 0 Å². The highest BCUT2D eigenvalue weighted by atomic mass is 16.6. The van der Waals surface area contributed by atoms with Crippen LogP contribution in [0.25, 0.3) is 0 Å². The van der Waals surface area contributed by atoms with Gasteiger partial charge in [-0.05, 0) is 5.92 Å². The van der Waals surface area contributed by atoms with Crippen LogP contribution in [-0.4, -0.2) is 11.0 Å². The maximum atomic E-state index is 10.6. The molecular weight excluding hydrogens is 182 g/mol. The van der Waals surface area contributed by atoms with E-state index in [-0.39, 0.29) is 35.5 Å². The largest absolute Gasteiger partial charge is 0.264 e. The molecule has 0 heterocycles. The Hall–Kier alpha value is -1.62. The van der Waals surface area contributed by atoms with Crippen molar-refractivity contribution in [1.29, 1.82) is 10.5 Å². The molecule has 1 aliphatic rings. The fourth-order valence-electron chi connectivity index (χ4n) is 1.90. The summed E-state index contributed by atoms with van der Waals surface area (Å²) in [4.78, 5) is 10.2. The van der Waals surface area contributed by atoms with Gasteiger partial charge in [-0.15, -0.1) is 0 Å². The molecule has 1 aliphatic carbocycles. The van der Waals surface area contributed by atoms with E-state index in [2.05, 4.69) is 0 Å². The second kappa shape index (κ2) is 4.06. The standard InChI is InChI=1S/C9H11N3O2/c1-6-7(4-10)2-9(12(13)14)3-8(6)5-11/h6-9H,2-3H2,1H3. The Balaban J connectivity index is 2.81. The predicted molar refractivity (Wildman–Crippen MR) is 47.4 cm³/mol. The second-order valence-corrected chi connectivity index (χ2v) is 3.74. The molecule has 0 saturated heterocycles. The molecule has 1 saturated carbocycles. The smallest absolute Gasteiger partial charge is 0.215 e. The molecule has 0 spiro atoms. The van der Waals surface area contributed by atoms with Gasteiger partial charge in [0.25, 0.3) is 0 Å².